The van der Waals surface area contributed by atoms with Crippen LogP contribution in [0.4, 0.5) is 0 Å². The molecule has 3 nitrogen and oxygen atoms in total. The first kappa shape index (κ1) is 8.19. The highest BCUT2D eigenvalue weighted by atomic mass is 79.9. The number of rotatable bonds is 0. The average molecular weight is 291 g/mol. The minimum absolute atomic E-state index is 0.724. The van der Waals surface area contributed by atoms with Crippen molar-refractivity contribution in [3.8, 4) is 0 Å². The van der Waals surface area contributed by atoms with Gasteiger partial charge in [0.25, 0.3) is 0 Å². The number of pyridine rings is 1. The Morgan fingerprint density at radius 1 is 1.33 bits per heavy atom. The molecule has 0 aliphatic heterocycles. The Labute approximate surface area is 86.1 Å². The maximum absolute atomic E-state index is 4.00. The minimum atomic E-state index is 0.724. The van der Waals surface area contributed by atoms with Crippen molar-refractivity contribution in [2.75, 3.05) is 0 Å². The van der Waals surface area contributed by atoms with E-state index in [1.165, 1.54) is 0 Å². The van der Waals surface area contributed by atoms with Crippen molar-refractivity contribution in [2.24, 2.45) is 0 Å². The second-order valence-corrected chi connectivity index (χ2v) is 4.13. The molecule has 0 aliphatic rings. The van der Waals surface area contributed by atoms with Crippen molar-refractivity contribution in [3.05, 3.63) is 27.0 Å². The molecule has 0 bridgehead atoms. The Hall–Kier alpha value is -0.420. The van der Waals surface area contributed by atoms with Crippen LogP contribution < -0.4 is 0 Å². The number of aromatic nitrogens is 3. The van der Waals surface area contributed by atoms with Crippen LogP contribution in [0.5, 0.6) is 0 Å². The first-order valence-electron chi connectivity index (χ1n) is 3.35. The van der Waals surface area contributed by atoms with Crippen LogP contribution in [0.25, 0.3) is 5.65 Å². The summed E-state index contributed by atoms with van der Waals surface area (Å²) < 4.78 is 3.63. The van der Waals surface area contributed by atoms with E-state index in [-0.39, 0.29) is 0 Å². The third kappa shape index (κ3) is 1.17. The molecule has 5 heteroatoms. The normalized spacial score (nSPS) is 10.9. The molecule has 0 spiro atoms. The van der Waals surface area contributed by atoms with E-state index >= 15 is 0 Å². The van der Waals surface area contributed by atoms with Gasteiger partial charge >= 0.3 is 0 Å². The summed E-state index contributed by atoms with van der Waals surface area (Å²) in [5.74, 6) is 0. The van der Waals surface area contributed by atoms with Gasteiger partial charge in [-0.25, -0.2) is 0 Å². The molecule has 0 amide bonds. The van der Waals surface area contributed by atoms with Crippen molar-refractivity contribution >= 4 is 37.5 Å². The highest BCUT2D eigenvalue weighted by molar-refractivity contribution is 9.10. The molecular formula is C7H5Br2N3. The van der Waals surface area contributed by atoms with Gasteiger partial charge < -0.3 is 0 Å². The molecule has 0 aliphatic carbocycles. The lowest BCUT2D eigenvalue weighted by Gasteiger charge is -1.97. The lowest BCUT2D eigenvalue weighted by Crippen LogP contribution is -1.87. The maximum Gasteiger partial charge on any atom is 0.204 e. The van der Waals surface area contributed by atoms with Gasteiger partial charge in [-0.05, 0) is 50.4 Å². The van der Waals surface area contributed by atoms with Gasteiger partial charge in [0.15, 0.2) is 5.65 Å². The van der Waals surface area contributed by atoms with Crippen molar-refractivity contribution in [1.82, 2.24) is 14.6 Å². The minimum Gasteiger partial charge on any atom is -0.276 e. The van der Waals surface area contributed by atoms with Crippen molar-refractivity contribution in [3.63, 3.8) is 0 Å². The monoisotopic (exact) mass is 289 g/mol. The van der Waals surface area contributed by atoms with Crippen LogP contribution in [0.2, 0.25) is 0 Å². The summed E-state index contributed by atoms with van der Waals surface area (Å²) >= 11 is 6.71. The number of halogens is 2. The summed E-state index contributed by atoms with van der Waals surface area (Å²) in [6.07, 6.45) is 1.92. The third-order valence-electron chi connectivity index (χ3n) is 1.61. The van der Waals surface area contributed by atoms with Crippen LogP contribution in [0.15, 0.2) is 21.5 Å². The van der Waals surface area contributed by atoms with E-state index in [9.17, 15) is 0 Å². The van der Waals surface area contributed by atoms with Gasteiger partial charge in [-0.2, -0.15) is 0 Å². The van der Waals surface area contributed by atoms with Crippen LogP contribution in [0.1, 0.15) is 5.56 Å². The molecule has 0 aromatic carbocycles. The van der Waals surface area contributed by atoms with E-state index in [1.54, 1.807) is 0 Å². The SMILES string of the molecule is Cc1cc(Br)cn2c(Br)nnc12. The number of hydrogen-bond donors (Lipinski definition) is 0. The predicted octanol–water partition coefficient (Wildman–Crippen LogP) is 2.56. The number of hydrogen-bond acceptors (Lipinski definition) is 2. The highest BCUT2D eigenvalue weighted by Crippen LogP contribution is 2.18. The van der Waals surface area contributed by atoms with Gasteiger partial charge in [0.05, 0.1) is 0 Å². The predicted molar refractivity (Wildman–Crippen MR) is 53.1 cm³/mol. The highest BCUT2D eigenvalue weighted by Gasteiger charge is 2.04. The molecule has 0 saturated heterocycles. The second-order valence-electron chi connectivity index (χ2n) is 2.50. The summed E-state index contributed by atoms with van der Waals surface area (Å²) in [7, 11) is 0. The summed E-state index contributed by atoms with van der Waals surface area (Å²) in [6, 6.07) is 2.01. The van der Waals surface area contributed by atoms with Crippen LogP contribution >= 0.6 is 31.9 Å². The zero-order valence-electron chi connectivity index (χ0n) is 6.25. The van der Waals surface area contributed by atoms with Crippen molar-refractivity contribution in [1.29, 1.82) is 0 Å². The molecule has 0 atom stereocenters. The van der Waals surface area contributed by atoms with Crippen molar-refractivity contribution in [2.45, 2.75) is 6.92 Å². The Morgan fingerprint density at radius 2 is 2.08 bits per heavy atom. The first-order chi connectivity index (χ1) is 5.68. The lowest BCUT2D eigenvalue weighted by atomic mass is 10.3. The summed E-state index contributed by atoms with van der Waals surface area (Å²) in [5, 5.41) is 7.91. The molecule has 0 radical (unpaired) electrons. The van der Waals surface area contributed by atoms with E-state index in [4.69, 9.17) is 0 Å². The summed E-state index contributed by atoms with van der Waals surface area (Å²) in [6.45, 7) is 2.00. The Bertz CT molecular complexity index is 435. The van der Waals surface area contributed by atoms with Gasteiger partial charge in [0.2, 0.25) is 4.73 Å². The fourth-order valence-electron chi connectivity index (χ4n) is 1.09. The molecule has 0 saturated carbocycles. The summed E-state index contributed by atoms with van der Waals surface area (Å²) in [4.78, 5) is 0. The zero-order chi connectivity index (χ0) is 8.72. The quantitative estimate of drug-likeness (QED) is 0.746. The molecule has 0 unspecified atom stereocenters. The lowest BCUT2D eigenvalue weighted by molar-refractivity contribution is 1.05. The molecule has 2 rings (SSSR count). The first-order valence-corrected chi connectivity index (χ1v) is 4.93. The van der Waals surface area contributed by atoms with E-state index in [0.29, 0.717) is 0 Å². The van der Waals surface area contributed by atoms with Crippen LogP contribution in [-0.2, 0) is 0 Å². The van der Waals surface area contributed by atoms with Gasteiger partial charge in [-0.1, -0.05) is 0 Å². The fraction of sp³-hybridized carbons (Fsp3) is 0.143. The molecule has 0 fully saturated rings. The standard InChI is InChI=1S/C7H5Br2N3/c1-4-2-5(8)3-12-6(4)10-11-7(12)9/h2-3H,1H3. The third-order valence-corrected chi connectivity index (χ3v) is 2.59. The average Bonchev–Trinajstić information content (AvgIpc) is 2.33. The van der Waals surface area contributed by atoms with E-state index in [2.05, 4.69) is 42.1 Å². The van der Waals surface area contributed by atoms with Gasteiger partial charge in [0.1, 0.15) is 0 Å². The topological polar surface area (TPSA) is 30.2 Å². The Balaban J connectivity index is 2.92. The maximum atomic E-state index is 4.00. The van der Waals surface area contributed by atoms with Gasteiger partial charge in [-0.3, -0.25) is 4.40 Å². The van der Waals surface area contributed by atoms with Crippen molar-refractivity contribution < 1.29 is 0 Å². The number of fused-ring (bicyclic) bond motifs is 1. The van der Waals surface area contributed by atoms with Gasteiger partial charge in [0, 0.05) is 10.7 Å². The molecule has 62 valence electrons. The molecule has 2 heterocycles. The second kappa shape index (κ2) is 2.81. The molecule has 12 heavy (non-hydrogen) atoms. The zero-order valence-corrected chi connectivity index (χ0v) is 9.42. The van der Waals surface area contributed by atoms with Crippen LogP contribution in [-0.4, -0.2) is 14.6 Å². The Morgan fingerprint density at radius 3 is 2.83 bits per heavy atom. The molecular weight excluding hydrogens is 286 g/mol. The largest absolute Gasteiger partial charge is 0.276 e. The number of aryl methyl sites for hydroxylation is 1. The smallest absolute Gasteiger partial charge is 0.204 e. The molecule has 0 N–H and O–H groups in total. The molecule has 2 aromatic rings. The van der Waals surface area contributed by atoms with E-state index < -0.39 is 0 Å². The van der Waals surface area contributed by atoms with Crippen LogP contribution in [0.3, 0.4) is 0 Å². The molecule has 2 aromatic heterocycles. The van der Waals surface area contributed by atoms with Crippen LogP contribution in [0, 0.1) is 6.92 Å². The van der Waals surface area contributed by atoms with Gasteiger partial charge in [-0.15, -0.1) is 10.2 Å². The fourth-order valence-corrected chi connectivity index (χ4v) is 1.99. The number of nitrogens with zero attached hydrogens (tertiary/aromatic N) is 3. The van der Waals surface area contributed by atoms with E-state index in [1.807, 2.05) is 23.6 Å². The summed E-state index contributed by atoms with van der Waals surface area (Å²) in [5.41, 5.74) is 1.98. The van der Waals surface area contributed by atoms with E-state index in [0.717, 1.165) is 20.4 Å². The Kier molecular flexibility index (Phi) is 1.92.